The van der Waals surface area contributed by atoms with Crippen molar-refractivity contribution in [1.29, 1.82) is 0 Å². The molecule has 0 saturated heterocycles. The van der Waals surface area contributed by atoms with Crippen LogP contribution in [0, 0.1) is 134 Å². The molecule has 18 nitrogen and oxygen atoms in total. The number of hydrogen-bond acceptors (Lipinski definition) is 18. The average molecular weight is 1690 g/mol. The molecule has 0 N–H and O–H groups in total. The van der Waals surface area contributed by atoms with Gasteiger partial charge in [0.2, 0.25) is 0 Å². The Labute approximate surface area is 731 Å². The van der Waals surface area contributed by atoms with E-state index in [0.717, 1.165) is 93.3 Å². The van der Waals surface area contributed by atoms with Crippen LogP contribution in [0.5, 0.6) is 0 Å². The Bertz CT molecular complexity index is 3400. The summed E-state index contributed by atoms with van der Waals surface area (Å²) in [4.78, 5) is 71.4. The molecule has 12 rings (SSSR count). The molecule has 12 aliphatic carbocycles. The number of fused-ring (bicyclic) bond motifs is 12. The molecular weight excluding hydrogens is 1510 g/mol. The highest BCUT2D eigenvalue weighted by Gasteiger charge is 2.67. The first-order valence-electron chi connectivity index (χ1n) is 48.0. The van der Waals surface area contributed by atoms with Crippen molar-refractivity contribution >= 4 is 35.8 Å². The molecule has 12 bridgehead atoms. The molecule has 12 saturated carbocycles. The van der Waals surface area contributed by atoms with E-state index in [1.165, 1.54) is 96.3 Å². The highest BCUT2D eigenvalue weighted by Crippen LogP contribution is 2.70. The smallest absolute Gasteiger partial charge is 0.313 e. The standard InChI is InChI=1S/C18H32O3.4C17H30O3.C16H28O3/c1-8-16(3,4)15(19)21-12(2)20-14-17(5,6)13-9-10-18(14,7)11-13;1-7-15(2,3)14(18)20-11-19-13-16(4,5)12-8-9-17(13,6)10-12;1-7-15(2,3)14(18)20-11-19-13-10-12-8-9-17(13,6)16(12,4)5;1-7-11(2)14(18)19-12(3)20-15-16(4,5)13-8-9-17(15,6)10-13;1-7-11(2)15(18)20-12(3)19-14-10-13-8-9-17(14,6)16(13,4)5;1-6-11(2)14(17)19-10-18-13-9-12-7-8-16(13,5)15(12,3)4/h12-14H,8-11H2,1-7H3;2*12-13H,7-11H2,1-6H3;11-13,15H,7-10H2,1-6H3;11-14H,7-10H2,1-6H3;11-13H,6-10H2,1-5H3. The zero-order chi connectivity index (χ0) is 90.9. The summed E-state index contributed by atoms with van der Waals surface area (Å²) in [6, 6.07) is 0. The monoisotopic (exact) mass is 1690 g/mol. The van der Waals surface area contributed by atoms with Crippen molar-refractivity contribution in [2.45, 2.75) is 459 Å². The zero-order valence-electron chi connectivity index (χ0n) is 83.3. The minimum Gasteiger partial charge on any atom is -0.438 e. The molecule has 0 amide bonds. The number of rotatable bonds is 30. The van der Waals surface area contributed by atoms with Crippen molar-refractivity contribution in [3.63, 3.8) is 0 Å². The van der Waals surface area contributed by atoms with Crippen molar-refractivity contribution in [2.75, 3.05) is 20.4 Å². The van der Waals surface area contributed by atoms with Gasteiger partial charge in [-0.05, 0) is 317 Å². The summed E-state index contributed by atoms with van der Waals surface area (Å²) in [6.07, 6.45) is 27.0. The molecule has 696 valence electrons. The fourth-order valence-electron chi connectivity index (χ4n) is 24.5. The van der Waals surface area contributed by atoms with Crippen LogP contribution in [-0.4, -0.2) is 112 Å². The summed E-state index contributed by atoms with van der Waals surface area (Å²) in [5.41, 5.74) is 1.74. The lowest BCUT2D eigenvalue weighted by atomic mass is 9.70. The van der Waals surface area contributed by atoms with Crippen LogP contribution in [0.3, 0.4) is 0 Å². The second kappa shape index (κ2) is 38.9. The molecule has 0 aliphatic heterocycles. The second-order valence-corrected chi connectivity index (χ2v) is 47.4. The van der Waals surface area contributed by atoms with E-state index in [1.54, 1.807) is 0 Å². The van der Waals surface area contributed by atoms with Gasteiger partial charge in [-0.1, -0.05) is 187 Å². The highest BCUT2D eigenvalue weighted by atomic mass is 16.7. The third-order valence-corrected chi connectivity index (χ3v) is 37.1. The maximum absolute atomic E-state index is 12.2. The fourth-order valence-corrected chi connectivity index (χ4v) is 24.5. The van der Waals surface area contributed by atoms with Crippen molar-refractivity contribution in [3.05, 3.63) is 0 Å². The van der Waals surface area contributed by atoms with Gasteiger partial charge in [-0.15, -0.1) is 0 Å². The Morgan fingerprint density at radius 3 is 0.883 bits per heavy atom. The Morgan fingerprint density at radius 2 is 0.592 bits per heavy atom. The van der Waals surface area contributed by atoms with Crippen molar-refractivity contribution in [1.82, 2.24) is 0 Å². The molecule has 0 aromatic rings. The summed E-state index contributed by atoms with van der Waals surface area (Å²) in [6.45, 7) is 77.0. The molecule has 120 heavy (non-hydrogen) atoms. The maximum Gasteiger partial charge on any atom is 0.313 e. The average Bonchev–Trinajstić information content (AvgIpc) is 1.59. The van der Waals surface area contributed by atoms with Crippen LogP contribution in [0.15, 0.2) is 0 Å². The third kappa shape index (κ3) is 21.3. The predicted molar refractivity (Wildman–Crippen MR) is 475 cm³/mol. The quantitative estimate of drug-likeness (QED) is 0.0371. The maximum atomic E-state index is 12.2. The SMILES string of the molecule is CCC(C)(C)C(=O)OC(C)OC1C2(C)CCC(C2)C1(C)C.CCC(C)(C)C(=O)OCOC1C2(C)CCC(C2)C1(C)C.CCC(C)(C)C(=O)OCOC1CC2CCC1(C)C2(C)C.CCC(C)C(=O)OC(C)OC1C2(C)CCC(C2)C1(C)C.CCC(C)C(=O)OC(C)OC1CC2CCC1(C)C2(C)C.CCC(C)C(=O)OCOC1CC2CCC1(C)C2(C)C. The van der Waals surface area contributed by atoms with Gasteiger partial charge < -0.3 is 56.8 Å². The Morgan fingerprint density at radius 1 is 0.317 bits per heavy atom. The van der Waals surface area contributed by atoms with Gasteiger partial charge in [0.05, 0.1) is 70.6 Å². The largest absolute Gasteiger partial charge is 0.438 e. The molecule has 0 aromatic carbocycles. The molecule has 0 aromatic heterocycles. The molecule has 12 fully saturated rings. The molecule has 24 atom stereocenters. The molecule has 0 spiro atoms. The molecule has 12 aliphatic rings. The second-order valence-electron chi connectivity index (χ2n) is 47.4. The van der Waals surface area contributed by atoms with Crippen LogP contribution in [0.2, 0.25) is 0 Å². The summed E-state index contributed by atoms with van der Waals surface area (Å²) in [5, 5.41) is 0. The lowest BCUT2D eigenvalue weighted by molar-refractivity contribution is -0.219. The van der Waals surface area contributed by atoms with Gasteiger partial charge >= 0.3 is 35.8 Å². The summed E-state index contributed by atoms with van der Waals surface area (Å²) in [7, 11) is 0. The normalized spacial score (nSPS) is 36.5. The first kappa shape index (κ1) is 104. The molecule has 0 radical (unpaired) electrons. The minimum atomic E-state index is -0.469. The van der Waals surface area contributed by atoms with E-state index >= 15 is 0 Å². The van der Waals surface area contributed by atoms with Gasteiger partial charge in [0.15, 0.2) is 39.2 Å². The Hall–Kier alpha value is -3.42. The Balaban J connectivity index is 0.000000198. The van der Waals surface area contributed by atoms with Gasteiger partial charge in [0.1, 0.15) is 0 Å². The molecule has 18 heteroatoms. The van der Waals surface area contributed by atoms with Crippen molar-refractivity contribution in [3.8, 4) is 0 Å². The minimum absolute atomic E-state index is 0.0318. The van der Waals surface area contributed by atoms with E-state index in [0.29, 0.717) is 16.2 Å². The lowest BCUT2D eigenvalue weighted by Crippen LogP contribution is -2.45. The van der Waals surface area contributed by atoms with E-state index in [9.17, 15) is 28.8 Å². The zero-order valence-corrected chi connectivity index (χ0v) is 83.3. The van der Waals surface area contributed by atoms with Crippen LogP contribution in [-0.2, 0) is 85.6 Å². The molecular formula is C102H180O18. The van der Waals surface area contributed by atoms with E-state index in [4.69, 9.17) is 56.8 Å². The number of carbonyl (C=O) groups excluding carboxylic acids is 6. The Kier molecular flexibility index (Phi) is 33.6. The number of esters is 6. The molecule has 24 unspecified atom stereocenters. The van der Waals surface area contributed by atoms with Gasteiger partial charge in [-0.3, -0.25) is 28.8 Å². The van der Waals surface area contributed by atoms with Crippen LogP contribution in [0.1, 0.15) is 403 Å². The summed E-state index contributed by atoms with van der Waals surface area (Å²) in [5.74, 6) is 3.44. The number of hydrogen-bond donors (Lipinski definition) is 0. The van der Waals surface area contributed by atoms with Crippen LogP contribution in [0.4, 0.5) is 0 Å². The first-order chi connectivity index (χ1) is 55.1. The summed E-state index contributed by atoms with van der Waals surface area (Å²) < 4.78 is 68.7. The third-order valence-electron chi connectivity index (χ3n) is 37.1. The van der Waals surface area contributed by atoms with Gasteiger partial charge in [0, 0.05) is 0 Å². The van der Waals surface area contributed by atoms with Crippen LogP contribution >= 0.6 is 0 Å². The van der Waals surface area contributed by atoms with Crippen molar-refractivity contribution < 1.29 is 85.6 Å². The van der Waals surface area contributed by atoms with Crippen molar-refractivity contribution in [2.24, 2.45) is 134 Å². The van der Waals surface area contributed by atoms with Gasteiger partial charge in [-0.25, -0.2) is 0 Å². The van der Waals surface area contributed by atoms with Crippen LogP contribution in [0.25, 0.3) is 0 Å². The number of carbonyl (C=O) groups is 6. The van der Waals surface area contributed by atoms with E-state index in [1.807, 2.05) is 125 Å². The molecule has 0 heterocycles. The number of ether oxygens (including phenoxy) is 12. The van der Waals surface area contributed by atoms with E-state index < -0.39 is 35.1 Å². The van der Waals surface area contributed by atoms with Gasteiger partial charge in [-0.2, -0.15) is 0 Å². The highest BCUT2D eigenvalue weighted by molar-refractivity contribution is 5.77. The van der Waals surface area contributed by atoms with Crippen LogP contribution < -0.4 is 0 Å². The van der Waals surface area contributed by atoms with E-state index in [2.05, 4.69) is 125 Å². The summed E-state index contributed by atoms with van der Waals surface area (Å²) >= 11 is 0. The fraction of sp³-hybridized carbons (Fsp3) is 0.941. The van der Waals surface area contributed by atoms with Gasteiger partial charge in [0.25, 0.3) is 0 Å². The lowest BCUT2D eigenvalue weighted by Gasteiger charge is -2.43. The predicted octanol–water partition coefficient (Wildman–Crippen LogP) is 24.9. The first-order valence-corrected chi connectivity index (χ1v) is 48.0. The topological polar surface area (TPSA) is 213 Å². The van der Waals surface area contributed by atoms with E-state index in [-0.39, 0.29) is 159 Å².